The molecule has 1 spiro atoms. The largest absolute Gasteiger partial charge is 0.337 e. The number of rotatable bonds is 1. The van der Waals surface area contributed by atoms with E-state index in [0.29, 0.717) is 37.6 Å². The summed E-state index contributed by atoms with van der Waals surface area (Å²) in [5.74, 6) is 0.559. The van der Waals surface area contributed by atoms with Crippen LogP contribution in [0.2, 0.25) is 0 Å². The van der Waals surface area contributed by atoms with Crippen molar-refractivity contribution < 1.29 is 4.79 Å². The number of carbonyl (C=O) groups is 1. The molecule has 0 aromatic carbocycles. The summed E-state index contributed by atoms with van der Waals surface area (Å²) in [6.07, 6.45) is 1.40. The lowest BCUT2D eigenvalue weighted by molar-refractivity contribution is 0.0766. The van der Waals surface area contributed by atoms with Gasteiger partial charge in [-0.15, -0.1) is 11.3 Å². The van der Waals surface area contributed by atoms with Crippen molar-refractivity contribution in [3.63, 3.8) is 0 Å². The second-order valence-corrected chi connectivity index (χ2v) is 7.70. The number of carbonyl (C=O) groups excluding carboxylic acids is 1. The molecule has 0 N–H and O–H groups in total. The van der Waals surface area contributed by atoms with Gasteiger partial charge in [0.15, 0.2) is 0 Å². The highest BCUT2D eigenvalue weighted by atomic mass is 32.1. The van der Waals surface area contributed by atoms with Crippen LogP contribution in [0.3, 0.4) is 0 Å². The molecule has 4 rings (SSSR count). The van der Waals surface area contributed by atoms with E-state index in [1.165, 1.54) is 23.0 Å². The summed E-state index contributed by atoms with van der Waals surface area (Å²) in [5.41, 5.74) is -0.867. The van der Waals surface area contributed by atoms with Crippen LogP contribution in [0.1, 0.15) is 27.7 Å². The van der Waals surface area contributed by atoms with Crippen LogP contribution in [0.5, 0.6) is 0 Å². The van der Waals surface area contributed by atoms with Gasteiger partial charge >= 0.3 is 11.1 Å². The van der Waals surface area contributed by atoms with Crippen LogP contribution in [0.4, 0.5) is 0 Å². The molecule has 126 valence electrons. The molecule has 1 atom stereocenters. The van der Waals surface area contributed by atoms with Crippen molar-refractivity contribution in [3.8, 4) is 0 Å². The average molecular weight is 347 g/mol. The quantitative estimate of drug-likeness (QED) is 0.666. The number of likely N-dealkylation sites (tertiary alicyclic amines) is 1. The highest BCUT2D eigenvalue weighted by molar-refractivity contribution is 7.09. The third kappa shape index (κ3) is 2.22. The van der Waals surface area contributed by atoms with Gasteiger partial charge in [0.1, 0.15) is 11.5 Å². The van der Waals surface area contributed by atoms with Gasteiger partial charge in [0.25, 0.3) is 5.91 Å². The second kappa shape index (κ2) is 5.10. The Balaban J connectivity index is 1.59. The predicted molar refractivity (Wildman–Crippen MR) is 87.2 cm³/mol. The van der Waals surface area contributed by atoms with Crippen LogP contribution in [0.25, 0.3) is 0 Å². The third-order valence-electron chi connectivity index (χ3n) is 4.89. The summed E-state index contributed by atoms with van der Waals surface area (Å²) < 4.78 is 2.58. The van der Waals surface area contributed by atoms with Gasteiger partial charge < -0.3 is 4.90 Å². The molecule has 0 unspecified atom stereocenters. The van der Waals surface area contributed by atoms with E-state index in [1.54, 1.807) is 10.3 Å². The van der Waals surface area contributed by atoms with Gasteiger partial charge in [0.2, 0.25) is 0 Å². The van der Waals surface area contributed by atoms with Gasteiger partial charge in [-0.3, -0.25) is 19.0 Å². The number of amides is 1. The Morgan fingerprint density at radius 1 is 1.29 bits per heavy atom. The molecule has 0 bridgehead atoms. The molecule has 8 nitrogen and oxygen atoms in total. The van der Waals surface area contributed by atoms with E-state index >= 15 is 0 Å². The lowest BCUT2D eigenvalue weighted by Crippen LogP contribution is -2.42. The first-order valence-corrected chi connectivity index (χ1v) is 8.65. The van der Waals surface area contributed by atoms with E-state index in [4.69, 9.17) is 0 Å². The highest BCUT2D eigenvalue weighted by Crippen LogP contribution is 2.39. The van der Waals surface area contributed by atoms with Crippen LogP contribution >= 0.6 is 11.3 Å². The number of aromatic nitrogens is 4. The van der Waals surface area contributed by atoms with Crippen molar-refractivity contribution in [2.24, 2.45) is 12.5 Å². The molecule has 9 heteroatoms. The Morgan fingerprint density at radius 3 is 2.79 bits per heavy atom. The summed E-state index contributed by atoms with van der Waals surface area (Å²) in [5, 5.41) is 6.86. The maximum absolute atomic E-state index is 12.6. The molecule has 2 aromatic heterocycles. The fraction of sp³-hybridized carbons (Fsp3) is 0.533. The molecule has 2 aliphatic heterocycles. The SMILES string of the molecule is Cc1nc(C(=O)N2CC[C@@]3(Cc4nn(C)c(=O)c(=O)n4C3)C2)cs1. The zero-order chi connectivity index (χ0) is 17.1. The topological polar surface area (TPSA) is 90.1 Å². The smallest absolute Gasteiger partial charge is 0.332 e. The normalized spacial score (nSPS) is 22.3. The second-order valence-electron chi connectivity index (χ2n) is 6.64. The number of thiazole rings is 1. The fourth-order valence-corrected chi connectivity index (χ4v) is 4.26. The zero-order valence-corrected chi connectivity index (χ0v) is 14.3. The average Bonchev–Trinajstić information content (AvgIpc) is 3.24. The molecule has 1 fully saturated rings. The van der Waals surface area contributed by atoms with Gasteiger partial charge in [0, 0.05) is 43.9 Å². The number of aryl methyl sites for hydroxylation is 2. The Labute approximate surface area is 141 Å². The van der Waals surface area contributed by atoms with Crippen molar-refractivity contribution >= 4 is 17.2 Å². The van der Waals surface area contributed by atoms with E-state index in [1.807, 2.05) is 6.92 Å². The van der Waals surface area contributed by atoms with Crippen LogP contribution < -0.4 is 11.1 Å². The molecule has 4 heterocycles. The van der Waals surface area contributed by atoms with Gasteiger partial charge in [-0.05, 0) is 13.3 Å². The first kappa shape index (κ1) is 15.3. The number of fused-ring (bicyclic) bond motifs is 1. The monoisotopic (exact) mass is 347 g/mol. The molecule has 0 radical (unpaired) electrons. The lowest BCUT2D eigenvalue weighted by Gasteiger charge is -2.22. The minimum absolute atomic E-state index is 0.0671. The Kier molecular flexibility index (Phi) is 3.24. The number of hydrogen-bond acceptors (Lipinski definition) is 6. The van der Waals surface area contributed by atoms with E-state index in [2.05, 4.69) is 10.1 Å². The zero-order valence-electron chi connectivity index (χ0n) is 13.5. The van der Waals surface area contributed by atoms with Crippen molar-refractivity contribution in [2.75, 3.05) is 13.1 Å². The summed E-state index contributed by atoms with van der Waals surface area (Å²) in [7, 11) is 1.49. The van der Waals surface area contributed by atoms with Gasteiger partial charge in [0.05, 0.1) is 5.01 Å². The van der Waals surface area contributed by atoms with Crippen molar-refractivity contribution in [2.45, 2.75) is 26.3 Å². The van der Waals surface area contributed by atoms with Gasteiger partial charge in [-0.1, -0.05) is 0 Å². The minimum atomic E-state index is -0.611. The molecule has 1 saturated heterocycles. The van der Waals surface area contributed by atoms with E-state index < -0.39 is 11.1 Å². The molecule has 0 saturated carbocycles. The van der Waals surface area contributed by atoms with Crippen LogP contribution in [-0.2, 0) is 20.0 Å². The Bertz CT molecular complexity index is 959. The molecule has 2 aliphatic rings. The van der Waals surface area contributed by atoms with Crippen molar-refractivity contribution in [1.82, 2.24) is 24.2 Å². The van der Waals surface area contributed by atoms with Crippen LogP contribution in [0.15, 0.2) is 15.0 Å². The Hall–Kier alpha value is -2.29. The highest BCUT2D eigenvalue weighted by Gasteiger charge is 2.46. The van der Waals surface area contributed by atoms with Crippen LogP contribution in [0, 0.1) is 12.3 Å². The molecular formula is C15H17N5O3S. The van der Waals surface area contributed by atoms with Crippen LogP contribution in [-0.4, -0.2) is 43.2 Å². The summed E-state index contributed by atoms with van der Waals surface area (Å²) in [6.45, 7) is 3.51. The number of hydrogen-bond donors (Lipinski definition) is 0. The van der Waals surface area contributed by atoms with Gasteiger partial charge in [-0.2, -0.15) is 5.10 Å². The first-order chi connectivity index (χ1) is 11.4. The number of nitrogens with zero attached hydrogens (tertiary/aromatic N) is 5. The summed E-state index contributed by atoms with van der Waals surface area (Å²) in [4.78, 5) is 42.6. The maximum Gasteiger partial charge on any atom is 0.332 e. The maximum atomic E-state index is 12.6. The lowest BCUT2D eigenvalue weighted by atomic mass is 9.86. The molecule has 0 aliphatic carbocycles. The molecule has 1 amide bonds. The summed E-state index contributed by atoms with van der Waals surface area (Å²) in [6, 6.07) is 0. The molecule has 2 aromatic rings. The third-order valence-corrected chi connectivity index (χ3v) is 5.66. The van der Waals surface area contributed by atoms with E-state index in [9.17, 15) is 14.4 Å². The standard InChI is InChI=1S/C15H17N5O3S/c1-9-16-10(6-24-9)12(21)19-4-3-15(7-19)5-11-17-18(2)13(22)14(23)20(11)8-15/h6H,3-5,7-8H2,1-2H3/t15-/m1/s1. The van der Waals surface area contributed by atoms with Crippen molar-refractivity contribution in [1.29, 1.82) is 0 Å². The van der Waals surface area contributed by atoms with Crippen molar-refractivity contribution in [3.05, 3.63) is 42.6 Å². The fourth-order valence-electron chi connectivity index (χ4n) is 3.67. The summed E-state index contributed by atoms with van der Waals surface area (Å²) >= 11 is 1.46. The van der Waals surface area contributed by atoms with E-state index in [0.717, 1.165) is 16.1 Å². The van der Waals surface area contributed by atoms with Gasteiger partial charge in [-0.25, -0.2) is 9.67 Å². The first-order valence-electron chi connectivity index (χ1n) is 7.77. The molecule has 24 heavy (non-hydrogen) atoms. The Morgan fingerprint density at radius 2 is 2.08 bits per heavy atom. The molecular weight excluding hydrogens is 330 g/mol. The predicted octanol–water partition coefficient (Wildman–Crippen LogP) is -0.204. The van der Waals surface area contributed by atoms with E-state index in [-0.39, 0.29) is 11.3 Å². The minimum Gasteiger partial charge on any atom is -0.337 e.